The van der Waals surface area contributed by atoms with Crippen molar-refractivity contribution in [2.45, 2.75) is 13.8 Å². The topological polar surface area (TPSA) is 18.5 Å². The van der Waals surface area contributed by atoms with Crippen molar-refractivity contribution in [2.75, 3.05) is 0 Å². The maximum absolute atomic E-state index is 5.30. The van der Waals surface area contributed by atoms with Gasteiger partial charge in [0.05, 0.1) is 0 Å². The Hall–Kier alpha value is -2.22. The van der Waals surface area contributed by atoms with Gasteiger partial charge in [0.15, 0.2) is 0 Å². The minimum absolute atomic E-state index is 0.458. The Balaban J connectivity index is 4.22. The first-order chi connectivity index (χ1) is 8.49. The van der Waals surface area contributed by atoms with Gasteiger partial charge in [0, 0.05) is 0 Å². The second-order valence-corrected chi connectivity index (χ2v) is 3.40. The average Bonchev–Trinajstić information content (AvgIpc) is 2.27. The van der Waals surface area contributed by atoms with Crippen LogP contribution < -0.4 is 0 Å². The van der Waals surface area contributed by atoms with Crippen LogP contribution in [0.5, 0.6) is 0 Å². The molecule has 96 valence electrons. The van der Waals surface area contributed by atoms with Crippen LogP contribution in [-0.4, -0.2) is 0 Å². The first kappa shape index (κ1) is 15.8. The normalized spacial score (nSPS) is 11.0. The first-order valence-electron chi connectivity index (χ1n) is 5.54. The Bertz CT molecular complexity index is 380. The zero-order chi connectivity index (χ0) is 14.0. The van der Waals surface area contributed by atoms with E-state index in [4.69, 9.17) is 9.47 Å². The van der Waals surface area contributed by atoms with Crippen LogP contribution in [0, 0.1) is 0 Å². The van der Waals surface area contributed by atoms with Crippen LogP contribution in [0.4, 0.5) is 0 Å². The molecule has 0 aromatic rings. The molecule has 0 saturated heterocycles. The standard InChI is InChI=1S/C16H20O2/c1-7-9-13(3)17-15(5)11-12-16(6)18-14(4)10-8-2/h7-12H,3-6H2,1-2H3/b9-7-,10-8-,12-11-. The lowest BCUT2D eigenvalue weighted by Crippen LogP contribution is -1.87. The molecule has 0 atom stereocenters. The highest BCUT2D eigenvalue weighted by Gasteiger charge is 1.94. The van der Waals surface area contributed by atoms with Crippen LogP contribution in [0.1, 0.15) is 13.8 Å². The van der Waals surface area contributed by atoms with Crippen molar-refractivity contribution in [2.24, 2.45) is 0 Å². The largest absolute Gasteiger partial charge is 0.459 e. The average molecular weight is 244 g/mol. The molecule has 0 amide bonds. The summed E-state index contributed by atoms with van der Waals surface area (Å²) in [5.74, 6) is 1.97. The van der Waals surface area contributed by atoms with Gasteiger partial charge in [0.1, 0.15) is 23.0 Å². The van der Waals surface area contributed by atoms with E-state index in [0.29, 0.717) is 23.0 Å². The SMILES string of the molecule is C=C(/C=C\C)OC(=C)/C=C\C(=C)OC(=C)/C=C\C. The molecule has 0 saturated carbocycles. The van der Waals surface area contributed by atoms with Gasteiger partial charge in [0.25, 0.3) is 0 Å². The molecule has 0 aliphatic heterocycles. The van der Waals surface area contributed by atoms with Crippen molar-refractivity contribution in [3.05, 3.63) is 85.8 Å². The highest BCUT2D eigenvalue weighted by atomic mass is 16.5. The van der Waals surface area contributed by atoms with Crippen LogP contribution in [0.15, 0.2) is 85.8 Å². The van der Waals surface area contributed by atoms with E-state index >= 15 is 0 Å². The molecule has 18 heavy (non-hydrogen) atoms. The third-order valence-electron chi connectivity index (χ3n) is 1.68. The summed E-state index contributed by atoms with van der Waals surface area (Å²) in [5, 5.41) is 0. The highest BCUT2D eigenvalue weighted by Crippen LogP contribution is 2.09. The van der Waals surface area contributed by atoms with Crippen molar-refractivity contribution in [1.82, 2.24) is 0 Å². The Morgan fingerprint density at radius 1 is 0.611 bits per heavy atom. The summed E-state index contributed by atoms with van der Waals surface area (Å²) in [5.41, 5.74) is 0. The van der Waals surface area contributed by atoms with Gasteiger partial charge in [-0.3, -0.25) is 0 Å². The van der Waals surface area contributed by atoms with Crippen LogP contribution in [0.2, 0.25) is 0 Å². The summed E-state index contributed by atoms with van der Waals surface area (Å²) in [7, 11) is 0. The molecule has 2 heteroatoms. The van der Waals surface area contributed by atoms with E-state index in [9.17, 15) is 0 Å². The molecule has 0 fully saturated rings. The fourth-order valence-corrected chi connectivity index (χ4v) is 1.03. The molecular formula is C16H20O2. The second-order valence-electron chi connectivity index (χ2n) is 3.40. The van der Waals surface area contributed by atoms with Crippen molar-refractivity contribution < 1.29 is 9.47 Å². The van der Waals surface area contributed by atoms with Crippen molar-refractivity contribution >= 4 is 0 Å². The van der Waals surface area contributed by atoms with Gasteiger partial charge in [-0.25, -0.2) is 0 Å². The molecule has 2 nitrogen and oxygen atoms in total. The van der Waals surface area contributed by atoms with Crippen molar-refractivity contribution in [3.8, 4) is 0 Å². The van der Waals surface area contributed by atoms with Gasteiger partial charge < -0.3 is 9.47 Å². The molecule has 0 aliphatic carbocycles. The Labute approximate surface area is 110 Å². The molecule has 0 aromatic carbocycles. The van der Waals surface area contributed by atoms with E-state index < -0.39 is 0 Å². The Kier molecular flexibility index (Phi) is 7.78. The molecule has 0 spiro atoms. The molecule has 0 unspecified atom stereocenters. The minimum Gasteiger partial charge on any atom is -0.459 e. The van der Waals surface area contributed by atoms with Crippen LogP contribution in [-0.2, 0) is 9.47 Å². The molecule has 0 N–H and O–H groups in total. The molecule has 0 aromatic heterocycles. The summed E-state index contributed by atoms with van der Waals surface area (Å²) >= 11 is 0. The fraction of sp³-hybridized carbons (Fsp3) is 0.125. The Morgan fingerprint density at radius 3 is 1.17 bits per heavy atom. The van der Waals surface area contributed by atoms with Crippen LogP contribution in [0.3, 0.4) is 0 Å². The maximum Gasteiger partial charge on any atom is 0.120 e. The molecule has 0 heterocycles. The van der Waals surface area contributed by atoms with Gasteiger partial charge >= 0.3 is 0 Å². The van der Waals surface area contributed by atoms with Gasteiger partial charge in [0.2, 0.25) is 0 Å². The number of rotatable bonds is 8. The number of hydrogen-bond donors (Lipinski definition) is 0. The summed E-state index contributed by atoms with van der Waals surface area (Å²) < 4.78 is 10.6. The van der Waals surface area contributed by atoms with Crippen molar-refractivity contribution in [3.63, 3.8) is 0 Å². The highest BCUT2D eigenvalue weighted by molar-refractivity contribution is 5.22. The third kappa shape index (κ3) is 7.99. The van der Waals surface area contributed by atoms with Crippen LogP contribution in [0.25, 0.3) is 0 Å². The predicted octanol–water partition coefficient (Wildman–Crippen LogP) is 4.78. The summed E-state index contributed by atoms with van der Waals surface area (Å²) in [6, 6.07) is 0. The Morgan fingerprint density at radius 2 is 0.889 bits per heavy atom. The zero-order valence-corrected chi connectivity index (χ0v) is 11.1. The monoisotopic (exact) mass is 244 g/mol. The summed E-state index contributed by atoms with van der Waals surface area (Å²) in [6.07, 6.45) is 10.5. The van der Waals surface area contributed by atoms with E-state index in [2.05, 4.69) is 26.3 Å². The minimum atomic E-state index is 0.458. The van der Waals surface area contributed by atoms with E-state index in [1.807, 2.05) is 26.0 Å². The lowest BCUT2D eigenvalue weighted by molar-refractivity contribution is 0.332. The van der Waals surface area contributed by atoms with E-state index in [1.54, 1.807) is 24.3 Å². The molecule has 0 bridgehead atoms. The van der Waals surface area contributed by atoms with E-state index in [0.717, 1.165) is 0 Å². The van der Waals surface area contributed by atoms with Crippen LogP contribution >= 0.6 is 0 Å². The fourth-order valence-electron chi connectivity index (χ4n) is 1.03. The smallest absolute Gasteiger partial charge is 0.120 e. The third-order valence-corrected chi connectivity index (χ3v) is 1.68. The molecule has 0 radical (unpaired) electrons. The summed E-state index contributed by atoms with van der Waals surface area (Å²) in [4.78, 5) is 0. The lowest BCUT2D eigenvalue weighted by Gasteiger charge is -2.06. The number of hydrogen-bond acceptors (Lipinski definition) is 2. The van der Waals surface area contributed by atoms with Gasteiger partial charge in [-0.2, -0.15) is 0 Å². The molecule has 0 rings (SSSR count). The lowest BCUT2D eigenvalue weighted by atomic mass is 10.4. The molecular weight excluding hydrogens is 224 g/mol. The van der Waals surface area contributed by atoms with Gasteiger partial charge in [-0.15, -0.1) is 0 Å². The van der Waals surface area contributed by atoms with E-state index in [1.165, 1.54) is 0 Å². The number of allylic oxidation sites excluding steroid dienone is 6. The maximum atomic E-state index is 5.30. The molecule has 0 aliphatic rings. The zero-order valence-electron chi connectivity index (χ0n) is 11.1. The summed E-state index contributed by atoms with van der Waals surface area (Å²) in [6.45, 7) is 18.6. The van der Waals surface area contributed by atoms with Crippen molar-refractivity contribution in [1.29, 1.82) is 0 Å². The predicted molar refractivity (Wildman–Crippen MR) is 77.5 cm³/mol. The second kappa shape index (κ2) is 8.88. The van der Waals surface area contributed by atoms with E-state index in [-0.39, 0.29) is 0 Å². The van der Waals surface area contributed by atoms with Gasteiger partial charge in [-0.05, 0) is 38.2 Å². The first-order valence-corrected chi connectivity index (χ1v) is 5.54. The number of ether oxygens (including phenoxy) is 2. The van der Waals surface area contributed by atoms with Gasteiger partial charge in [-0.1, -0.05) is 38.5 Å². The quantitative estimate of drug-likeness (QED) is 0.452.